The zero-order chi connectivity index (χ0) is 25.8. The standard InChI is InChI=1S/C25H36N2O7S/c1-5-34-23(30)20(16-33-15-18-9-7-6-8-10-18)26-24(31)25(3,4)27-22(29)21(35-17(2)28)19-11-13-32-14-12-19/h6-10,19-21H,5,11-16H2,1-4H3,(H,26,31)(H,27,29)/t20-,21-/m0/s1. The number of amides is 2. The average Bonchev–Trinajstić information content (AvgIpc) is 2.82. The van der Waals surface area contributed by atoms with E-state index in [9.17, 15) is 19.2 Å². The second-order valence-electron chi connectivity index (χ2n) is 8.87. The van der Waals surface area contributed by atoms with Gasteiger partial charge in [-0.05, 0) is 45.1 Å². The largest absolute Gasteiger partial charge is 0.464 e. The van der Waals surface area contributed by atoms with Crippen LogP contribution in [-0.2, 0) is 40.0 Å². The quantitative estimate of drug-likeness (QED) is 0.413. The molecular weight excluding hydrogens is 472 g/mol. The van der Waals surface area contributed by atoms with E-state index in [-0.39, 0.29) is 30.9 Å². The molecule has 2 amide bonds. The minimum absolute atomic E-state index is 0.0322. The highest BCUT2D eigenvalue weighted by atomic mass is 32.2. The van der Waals surface area contributed by atoms with Crippen molar-refractivity contribution in [3.8, 4) is 0 Å². The zero-order valence-electron chi connectivity index (χ0n) is 20.8. The Labute approximate surface area is 211 Å². The van der Waals surface area contributed by atoms with Crippen molar-refractivity contribution < 1.29 is 33.4 Å². The summed E-state index contributed by atoms with van der Waals surface area (Å²) in [5.74, 6) is -1.62. The number of esters is 1. The molecule has 0 saturated carbocycles. The van der Waals surface area contributed by atoms with Gasteiger partial charge in [0.25, 0.3) is 0 Å². The van der Waals surface area contributed by atoms with Crippen LogP contribution < -0.4 is 10.6 Å². The molecule has 0 radical (unpaired) electrons. The van der Waals surface area contributed by atoms with Crippen LogP contribution in [0.5, 0.6) is 0 Å². The molecule has 1 fully saturated rings. The van der Waals surface area contributed by atoms with Gasteiger partial charge in [0, 0.05) is 20.1 Å². The van der Waals surface area contributed by atoms with E-state index in [1.165, 1.54) is 6.92 Å². The van der Waals surface area contributed by atoms with E-state index in [1.807, 2.05) is 30.3 Å². The van der Waals surface area contributed by atoms with E-state index in [4.69, 9.17) is 14.2 Å². The maximum absolute atomic E-state index is 13.1. The fourth-order valence-electron chi connectivity index (χ4n) is 3.62. The monoisotopic (exact) mass is 508 g/mol. The molecule has 0 aromatic heterocycles. The number of carbonyl (C=O) groups is 4. The van der Waals surface area contributed by atoms with Crippen molar-refractivity contribution in [2.24, 2.45) is 5.92 Å². The molecule has 9 nitrogen and oxygen atoms in total. The van der Waals surface area contributed by atoms with Crippen LogP contribution in [0.4, 0.5) is 0 Å². The lowest BCUT2D eigenvalue weighted by Crippen LogP contribution is -2.60. The van der Waals surface area contributed by atoms with Crippen LogP contribution in [0.3, 0.4) is 0 Å². The van der Waals surface area contributed by atoms with Crippen LogP contribution in [0, 0.1) is 5.92 Å². The molecule has 0 unspecified atom stereocenters. The third kappa shape index (κ3) is 9.62. The summed E-state index contributed by atoms with van der Waals surface area (Å²) in [6.45, 7) is 7.58. The number of benzene rings is 1. The number of rotatable bonds is 12. The number of hydrogen-bond acceptors (Lipinski definition) is 8. The van der Waals surface area contributed by atoms with Gasteiger partial charge in [-0.15, -0.1) is 0 Å². The number of hydrogen-bond donors (Lipinski definition) is 2. The highest BCUT2D eigenvalue weighted by Crippen LogP contribution is 2.29. The first-order valence-corrected chi connectivity index (χ1v) is 12.7. The third-order valence-electron chi connectivity index (χ3n) is 5.52. The molecule has 1 aliphatic heterocycles. The summed E-state index contributed by atoms with van der Waals surface area (Å²) in [6, 6.07) is 8.40. The predicted molar refractivity (Wildman–Crippen MR) is 132 cm³/mol. The van der Waals surface area contributed by atoms with Gasteiger partial charge in [-0.25, -0.2) is 4.79 Å². The normalized spacial score (nSPS) is 16.1. The summed E-state index contributed by atoms with van der Waals surface area (Å²) >= 11 is 0.969. The maximum Gasteiger partial charge on any atom is 0.331 e. The molecule has 1 heterocycles. The lowest BCUT2D eigenvalue weighted by atomic mass is 9.94. The number of ether oxygens (including phenoxy) is 3. The fourth-order valence-corrected chi connectivity index (χ4v) is 4.60. The summed E-state index contributed by atoms with van der Waals surface area (Å²) < 4.78 is 16.1. The molecule has 194 valence electrons. The number of nitrogens with one attached hydrogen (secondary N) is 2. The van der Waals surface area contributed by atoms with Crippen molar-refractivity contribution in [2.75, 3.05) is 26.4 Å². The van der Waals surface area contributed by atoms with Gasteiger partial charge in [-0.2, -0.15) is 0 Å². The van der Waals surface area contributed by atoms with E-state index in [2.05, 4.69) is 10.6 Å². The Morgan fingerprint density at radius 1 is 1.14 bits per heavy atom. The summed E-state index contributed by atoms with van der Waals surface area (Å²) in [7, 11) is 0. The highest BCUT2D eigenvalue weighted by molar-refractivity contribution is 8.14. The number of carbonyl (C=O) groups excluding carboxylic acids is 4. The maximum atomic E-state index is 13.1. The molecule has 2 atom stereocenters. The summed E-state index contributed by atoms with van der Waals surface area (Å²) in [5.41, 5.74) is -0.418. The van der Waals surface area contributed by atoms with E-state index >= 15 is 0 Å². The molecule has 1 aliphatic rings. The van der Waals surface area contributed by atoms with Gasteiger partial charge in [0.1, 0.15) is 5.54 Å². The van der Waals surface area contributed by atoms with Gasteiger partial charge in [-0.1, -0.05) is 42.1 Å². The van der Waals surface area contributed by atoms with E-state index in [0.29, 0.717) is 26.1 Å². The first-order chi connectivity index (χ1) is 16.6. The molecule has 2 rings (SSSR count). The van der Waals surface area contributed by atoms with Crippen molar-refractivity contribution in [3.05, 3.63) is 35.9 Å². The lowest BCUT2D eigenvalue weighted by Gasteiger charge is -2.32. The minimum atomic E-state index is -1.35. The SMILES string of the molecule is CCOC(=O)[C@H](COCc1ccccc1)NC(=O)C(C)(C)NC(=O)[C@@H](SC(C)=O)C1CCOCC1. The van der Waals surface area contributed by atoms with Gasteiger partial charge in [0.05, 0.1) is 25.1 Å². The Bertz CT molecular complexity index is 857. The fraction of sp³-hybridized carbons (Fsp3) is 0.600. The van der Waals surface area contributed by atoms with E-state index < -0.39 is 34.6 Å². The molecule has 2 N–H and O–H groups in total. The van der Waals surface area contributed by atoms with Crippen molar-refractivity contribution >= 4 is 34.7 Å². The molecule has 0 bridgehead atoms. The second-order valence-corrected chi connectivity index (χ2v) is 10.2. The smallest absolute Gasteiger partial charge is 0.331 e. The van der Waals surface area contributed by atoms with Crippen molar-refractivity contribution in [1.82, 2.24) is 10.6 Å². The molecule has 0 aliphatic carbocycles. The number of thioether (sulfide) groups is 1. The Hall–Kier alpha value is -2.43. The Balaban J connectivity index is 2.03. The van der Waals surface area contributed by atoms with Crippen LogP contribution in [-0.4, -0.2) is 66.2 Å². The molecule has 1 saturated heterocycles. The molecular formula is C25H36N2O7S. The summed E-state index contributed by atoms with van der Waals surface area (Å²) in [5, 5.41) is 4.61. The van der Waals surface area contributed by atoms with Crippen molar-refractivity contribution in [3.63, 3.8) is 0 Å². The average molecular weight is 509 g/mol. The molecule has 1 aromatic rings. The van der Waals surface area contributed by atoms with E-state index in [1.54, 1.807) is 20.8 Å². The van der Waals surface area contributed by atoms with Crippen LogP contribution in [0.15, 0.2) is 30.3 Å². The molecule has 10 heteroatoms. The predicted octanol–water partition coefficient (Wildman–Crippen LogP) is 2.22. The van der Waals surface area contributed by atoms with E-state index in [0.717, 1.165) is 17.3 Å². The lowest BCUT2D eigenvalue weighted by molar-refractivity contribution is -0.150. The summed E-state index contributed by atoms with van der Waals surface area (Å²) in [6.07, 6.45) is 1.32. The highest BCUT2D eigenvalue weighted by Gasteiger charge is 2.38. The van der Waals surface area contributed by atoms with Gasteiger partial charge >= 0.3 is 5.97 Å². The van der Waals surface area contributed by atoms with Crippen molar-refractivity contribution in [2.45, 2.75) is 64.0 Å². The minimum Gasteiger partial charge on any atom is -0.464 e. The topological polar surface area (TPSA) is 120 Å². The Kier molecular flexibility index (Phi) is 11.7. The molecule has 0 spiro atoms. The van der Waals surface area contributed by atoms with Crippen LogP contribution >= 0.6 is 11.8 Å². The Morgan fingerprint density at radius 2 is 1.80 bits per heavy atom. The van der Waals surface area contributed by atoms with Crippen LogP contribution in [0.25, 0.3) is 0 Å². The Morgan fingerprint density at radius 3 is 2.40 bits per heavy atom. The zero-order valence-corrected chi connectivity index (χ0v) is 21.7. The van der Waals surface area contributed by atoms with Crippen LogP contribution in [0.2, 0.25) is 0 Å². The van der Waals surface area contributed by atoms with Crippen LogP contribution in [0.1, 0.15) is 46.1 Å². The van der Waals surface area contributed by atoms with Gasteiger partial charge in [0.15, 0.2) is 11.2 Å². The molecule has 35 heavy (non-hydrogen) atoms. The van der Waals surface area contributed by atoms with Gasteiger partial charge in [-0.3, -0.25) is 14.4 Å². The summed E-state index contributed by atoms with van der Waals surface area (Å²) in [4.78, 5) is 50.5. The second kappa shape index (κ2) is 14.2. The molecule has 1 aromatic carbocycles. The first kappa shape index (κ1) is 28.8. The van der Waals surface area contributed by atoms with Crippen molar-refractivity contribution in [1.29, 1.82) is 0 Å². The third-order valence-corrected chi connectivity index (χ3v) is 6.71. The van der Waals surface area contributed by atoms with Gasteiger partial charge < -0.3 is 24.8 Å². The first-order valence-electron chi connectivity index (χ1n) is 11.8. The van der Waals surface area contributed by atoms with Gasteiger partial charge in [0.2, 0.25) is 11.8 Å².